The third-order valence-electron chi connectivity index (χ3n) is 6.25. The predicted octanol–water partition coefficient (Wildman–Crippen LogP) is 3.45. The number of likely N-dealkylation sites (tertiary alicyclic amines) is 2. The van der Waals surface area contributed by atoms with Gasteiger partial charge < -0.3 is 15.1 Å². The predicted molar refractivity (Wildman–Crippen MR) is 135 cm³/mol. The van der Waals surface area contributed by atoms with Crippen LogP contribution in [0.3, 0.4) is 0 Å². The summed E-state index contributed by atoms with van der Waals surface area (Å²) in [5.74, 6) is -0.156. The Kier molecular flexibility index (Phi) is 12.1. The highest BCUT2D eigenvalue weighted by molar-refractivity contribution is 5.93. The van der Waals surface area contributed by atoms with Gasteiger partial charge in [-0.1, -0.05) is 53.5 Å². The van der Waals surface area contributed by atoms with Gasteiger partial charge in [0.2, 0.25) is 17.7 Å². The highest BCUT2D eigenvalue weighted by Crippen LogP contribution is 2.23. The third-order valence-corrected chi connectivity index (χ3v) is 6.25. The van der Waals surface area contributed by atoms with Gasteiger partial charge in [0.15, 0.2) is 0 Å². The van der Waals surface area contributed by atoms with E-state index in [9.17, 15) is 14.4 Å². The van der Waals surface area contributed by atoms with Gasteiger partial charge in [-0.3, -0.25) is 19.3 Å². The Morgan fingerprint density at radius 1 is 1.06 bits per heavy atom. The zero-order valence-electron chi connectivity index (χ0n) is 22.4. The lowest BCUT2D eigenvalue weighted by atomic mass is 9.85. The van der Waals surface area contributed by atoms with Crippen molar-refractivity contribution < 1.29 is 14.4 Å². The molecule has 0 saturated carbocycles. The molecular weight excluding hydrogens is 416 g/mol. The van der Waals surface area contributed by atoms with Gasteiger partial charge in [-0.05, 0) is 51.6 Å². The van der Waals surface area contributed by atoms with Gasteiger partial charge in [0, 0.05) is 32.3 Å². The van der Waals surface area contributed by atoms with E-state index in [1.807, 2.05) is 38.8 Å². The summed E-state index contributed by atoms with van der Waals surface area (Å²) in [6.45, 7) is 14.8. The van der Waals surface area contributed by atoms with Crippen LogP contribution < -0.4 is 5.32 Å². The van der Waals surface area contributed by atoms with Gasteiger partial charge in [0.1, 0.15) is 6.04 Å². The number of hydrogen-bond acceptors (Lipinski definition) is 4. The number of hydrogen-bond donors (Lipinski definition) is 1. The lowest BCUT2D eigenvalue weighted by Crippen LogP contribution is -2.58. The van der Waals surface area contributed by atoms with Crippen molar-refractivity contribution in [2.75, 3.05) is 40.3 Å². The Balaban J connectivity index is 0.00000172. The van der Waals surface area contributed by atoms with Crippen LogP contribution in [-0.4, -0.2) is 84.8 Å². The molecule has 2 fully saturated rings. The molecule has 0 aromatic carbocycles. The molecule has 3 amide bonds. The summed E-state index contributed by atoms with van der Waals surface area (Å²) in [5, 5.41) is 3.03. The Morgan fingerprint density at radius 3 is 2.12 bits per heavy atom. The highest BCUT2D eigenvalue weighted by Gasteiger charge is 2.37. The minimum absolute atomic E-state index is 0.0503. The number of carbonyl (C=O) groups excluding carboxylic acids is 3. The highest BCUT2D eigenvalue weighted by atomic mass is 16.2. The number of carbonyl (C=O) groups is 3. The van der Waals surface area contributed by atoms with Gasteiger partial charge in [0.05, 0.1) is 6.04 Å². The summed E-state index contributed by atoms with van der Waals surface area (Å²) in [6, 6.07) is -0.796. The second-order valence-electron chi connectivity index (χ2n) is 10.6. The van der Waals surface area contributed by atoms with Crippen LogP contribution in [0, 0.1) is 5.41 Å². The lowest BCUT2D eigenvalue weighted by Gasteiger charge is -2.37. The molecule has 7 heteroatoms. The van der Waals surface area contributed by atoms with Crippen molar-refractivity contribution >= 4 is 17.7 Å². The van der Waals surface area contributed by atoms with Crippen molar-refractivity contribution in [1.82, 2.24) is 20.0 Å². The van der Waals surface area contributed by atoms with Crippen LogP contribution in [-0.2, 0) is 14.4 Å². The number of amides is 3. The van der Waals surface area contributed by atoms with E-state index in [1.54, 1.807) is 18.9 Å². The van der Waals surface area contributed by atoms with Crippen molar-refractivity contribution in [2.45, 2.75) is 92.2 Å². The molecule has 0 aromatic heterocycles. The Bertz CT molecular complexity index is 678. The number of likely N-dealkylation sites (N-methyl/N-ethyl adjacent to an activating group) is 2. The Labute approximate surface area is 201 Å². The molecule has 2 aliphatic heterocycles. The Hall–Kier alpha value is -1.89. The zero-order valence-corrected chi connectivity index (χ0v) is 22.4. The van der Waals surface area contributed by atoms with E-state index in [0.717, 1.165) is 51.7 Å². The van der Waals surface area contributed by atoms with E-state index in [1.165, 1.54) is 6.42 Å². The molecule has 0 aliphatic carbocycles. The molecule has 7 nitrogen and oxygen atoms in total. The second kappa shape index (κ2) is 13.7. The van der Waals surface area contributed by atoms with E-state index >= 15 is 0 Å². The monoisotopic (exact) mass is 464 g/mol. The van der Waals surface area contributed by atoms with Gasteiger partial charge in [-0.25, -0.2) is 0 Å². The van der Waals surface area contributed by atoms with Crippen LogP contribution in [0.4, 0.5) is 0 Å². The first kappa shape index (κ1) is 29.1. The molecule has 2 aliphatic rings. The van der Waals surface area contributed by atoms with E-state index < -0.39 is 11.5 Å². The summed E-state index contributed by atoms with van der Waals surface area (Å²) in [7, 11) is 3.69. The maximum atomic E-state index is 13.2. The Morgan fingerprint density at radius 2 is 1.61 bits per heavy atom. The third kappa shape index (κ3) is 9.11. The first-order valence-corrected chi connectivity index (χ1v) is 12.7. The fourth-order valence-corrected chi connectivity index (χ4v) is 4.13. The van der Waals surface area contributed by atoms with Crippen molar-refractivity contribution in [3.05, 3.63) is 11.6 Å². The maximum Gasteiger partial charge on any atom is 0.249 e. The van der Waals surface area contributed by atoms with Gasteiger partial charge in [-0.2, -0.15) is 0 Å². The smallest absolute Gasteiger partial charge is 0.249 e. The minimum Gasteiger partial charge on any atom is -0.342 e. The number of piperidine rings is 1. The van der Waals surface area contributed by atoms with E-state index in [-0.39, 0.29) is 23.8 Å². The van der Waals surface area contributed by atoms with Gasteiger partial charge >= 0.3 is 0 Å². The molecule has 0 radical (unpaired) electrons. The summed E-state index contributed by atoms with van der Waals surface area (Å²) < 4.78 is 0. The summed E-state index contributed by atoms with van der Waals surface area (Å²) in [6.07, 6.45) is 8.14. The SMILES string of the molecule is C/C(=C\CN(C)C(=O)C(NC(=O)[C@H]1CCCCN1C)C(C)(C)C)C(=O)N1CCCC1.CCC. The normalized spacial score (nSPS) is 20.5. The number of rotatable bonds is 6. The maximum absolute atomic E-state index is 13.2. The van der Waals surface area contributed by atoms with E-state index in [4.69, 9.17) is 0 Å². The van der Waals surface area contributed by atoms with Crippen LogP contribution in [0.15, 0.2) is 11.6 Å². The fourth-order valence-electron chi connectivity index (χ4n) is 4.13. The molecule has 2 saturated heterocycles. The molecular formula is C26H48N4O3. The van der Waals surface area contributed by atoms with Crippen LogP contribution in [0.25, 0.3) is 0 Å². The molecule has 2 heterocycles. The molecule has 0 spiro atoms. The molecule has 2 atom stereocenters. The molecule has 1 N–H and O–H groups in total. The molecule has 0 bridgehead atoms. The summed E-state index contributed by atoms with van der Waals surface area (Å²) in [5.41, 5.74) is 0.245. The number of nitrogens with one attached hydrogen (secondary N) is 1. The molecule has 1 unspecified atom stereocenters. The van der Waals surface area contributed by atoms with Crippen molar-refractivity contribution in [3.63, 3.8) is 0 Å². The quantitative estimate of drug-likeness (QED) is 0.611. The number of nitrogens with zero attached hydrogens (tertiary/aromatic N) is 3. The average Bonchev–Trinajstić information content (AvgIpc) is 3.29. The largest absolute Gasteiger partial charge is 0.342 e. The zero-order chi connectivity index (χ0) is 25.2. The molecule has 0 aromatic rings. The molecule has 2 rings (SSSR count). The minimum atomic E-state index is -0.617. The second-order valence-corrected chi connectivity index (χ2v) is 10.6. The average molecular weight is 465 g/mol. The first-order chi connectivity index (χ1) is 15.4. The van der Waals surface area contributed by atoms with Crippen LogP contribution in [0.5, 0.6) is 0 Å². The molecule has 190 valence electrons. The molecule has 33 heavy (non-hydrogen) atoms. The van der Waals surface area contributed by atoms with Crippen molar-refractivity contribution in [3.8, 4) is 0 Å². The summed E-state index contributed by atoms with van der Waals surface area (Å²) >= 11 is 0. The van der Waals surface area contributed by atoms with Gasteiger partial charge in [-0.15, -0.1) is 0 Å². The van der Waals surface area contributed by atoms with Gasteiger partial charge in [0.25, 0.3) is 0 Å². The lowest BCUT2D eigenvalue weighted by molar-refractivity contribution is -0.139. The fraction of sp³-hybridized carbons (Fsp3) is 0.808. The van der Waals surface area contributed by atoms with Crippen molar-refractivity contribution in [2.24, 2.45) is 5.41 Å². The van der Waals surface area contributed by atoms with Crippen LogP contribution in [0.2, 0.25) is 0 Å². The topological polar surface area (TPSA) is 73.0 Å². The van der Waals surface area contributed by atoms with Crippen molar-refractivity contribution in [1.29, 1.82) is 0 Å². The first-order valence-electron chi connectivity index (χ1n) is 12.7. The standard InChI is InChI=1S/C23H40N4O3.C3H8/c1-17(21(29)27-14-9-10-15-27)12-16-26(6)22(30)19(23(2,3)4)24-20(28)18-11-7-8-13-25(18)5;1-3-2/h12,18-19H,7-11,13-16H2,1-6H3,(H,24,28);3H2,1-2H3/b17-12+;/t18-,19?;/m1./s1. The van der Waals surface area contributed by atoms with E-state index in [2.05, 4.69) is 24.1 Å². The van der Waals surface area contributed by atoms with Crippen LogP contribution in [0.1, 0.15) is 80.1 Å². The van der Waals surface area contributed by atoms with E-state index in [0.29, 0.717) is 12.1 Å². The summed E-state index contributed by atoms with van der Waals surface area (Å²) in [4.78, 5) is 44.1. The van der Waals surface area contributed by atoms with Crippen LogP contribution >= 0.6 is 0 Å².